The Morgan fingerprint density at radius 3 is 1.67 bits per heavy atom. The Morgan fingerprint density at radius 1 is 0.528 bits per heavy atom. The summed E-state index contributed by atoms with van der Waals surface area (Å²) in [5, 5.41) is 2.59. The molecule has 36 heavy (non-hydrogen) atoms. The quantitative estimate of drug-likeness (QED) is 0.196. The summed E-state index contributed by atoms with van der Waals surface area (Å²) >= 11 is 3.63. The molecule has 2 heteroatoms. The normalized spacial score (nSPS) is 11.2. The van der Waals surface area contributed by atoms with Gasteiger partial charge in [-0.25, -0.2) is 0 Å². The van der Waals surface area contributed by atoms with Gasteiger partial charge in [0.15, 0.2) is 0 Å². The summed E-state index contributed by atoms with van der Waals surface area (Å²) in [6.45, 7) is 3.16. The van der Waals surface area contributed by atoms with Gasteiger partial charge in [-0.05, 0) is 70.7 Å². The van der Waals surface area contributed by atoms with Crippen molar-refractivity contribution in [1.29, 1.82) is 0 Å². The standard InChI is InChI=1S/C34H26BrN/c1-2-36-31-16-10-9-15-29(31)30-23-27(19-22-32(30)36)34(26-17-20-28(35)21-18-26)33(24-11-5-3-6-12-24)25-13-7-4-8-14-25/h3-23H,2H2,1H3. The van der Waals surface area contributed by atoms with Crippen molar-refractivity contribution in [3.63, 3.8) is 0 Å². The highest BCUT2D eigenvalue weighted by Crippen LogP contribution is 2.39. The fourth-order valence-electron chi connectivity index (χ4n) is 5.29. The molecule has 0 fully saturated rings. The zero-order valence-corrected chi connectivity index (χ0v) is 21.7. The summed E-state index contributed by atoms with van der Waals surface area (Å²) in [4.78, 5) is 0. The van der Waals surface area contributed by atoms with Crippen LogP contribution in [0.3, 0.4) is 0 Å². The minimum Gasteiger partial charge on any atom is -0.341 e. The molecule has 0 amide bonds. The SMILES string of the molecule is CCn1c2ccccc2c2cc(C(=C(c3ccccc3)c3ccccc3)c3ccc(Br)cc3)ccc21. The number of para-hydroxylation sites is 1. The molecular formula is C34H26BrN. The van der Waals surface area contributed by atoms with Crippen molar-refractivity contribution < 1.29 is 0 Å². The molecule has 0 aliphatic rings. The maximum Gasteiger partial charge on any atom is 0.0491 e. The lowest BCUT2D eigenvalue weighted by molar-refractivity contribution is 0.827. The monoisotopic (exact) mass is 527 g/mol. The van der Waals surface area contributed by atoms with Crippen LogP contribution in [0.25, 0.3) is 33.0 Å². The van der Waals surface area contributed by atoms with Gasteiger partial charge in [-0.3, -0.25) is 0 Å². The minimum absolute atomic E-state index is 0.943. The fraction of sp³-hybridized carbons (Fsp3) is 0.0588. The van der Waals surface area contributed by atoms with Crippen LogP contribution in [0.5, 0.6) is 0 Å². The summed E-state index contributed by atoms with van der Waals surface area (Å²) in [5.74, 6) is 0. The molecule has 0 aliphatic heterocycles. The van der Waals surface area contributed by atoms with Crippen LogP contribution in [-0.2, 0) is 6.54 Å². The first-order chi connectivity index (χ1) is 17.7. The van der Waals surface area contributed by atoms with Crippen LogP contribution in [0.4, 0.5) is 0 Å². The molecule has 0 spiro atoms. The molecular weight excluding hydrogens is 502 g/mol. The third-order valence-corrected chi connectivity index (χ3v) is 7.41. The second-order valence-corrected chi connectivity index (χ2v) is 9.90. The van der Waals surface area contributed by atoms with E-state index in [1.54, 1.807) is 0 Å². The van der Waals surface area contributed by atoms with E-state index < -0.39 is 0 Å². The fourth-order valence-corrected chi connectivity index (χ4v) is 5.55. The Hall–Kier alpha value is -3.88. The van der Waals surface area contributed by atoms with Gasteiger partial charge < -0.3 is 4.57 Å². The van der Waals surface area contributed by atoms with Crippen LogP contribution in [0.2, 0.25) is 0 Å². The molecule has 0 bridgehead atoms. The van der Waals surface area contributed by atoms with Crippen LogP contribution in [-0.4, -0.2) is 4.57 Å². The second-order valence-electron chi connectivity index (χ2n) is 8.98. The van der Waals surface area contributed by atoms with Crippen molar-refractivity contribution >= 4 is 48.9 Å². The van der Waals surface area contributed by atoms with Crippen molar-refractivity contribution in [2.24, 2.45) is 0 Å². The number of halogens is 1. The van der Waals surface area contributed by atoms with E-state index in [9.17, 15) is 0 Å². The zero-order valence-electron chi connectivity index (χ0n) is 20.2. The third-order valence-electron chi connectivity index (χ3n) is 6.89. The summed E-state index contributed by atoms with van der Waals surface area (Å²) in [5.41, 5.74) is 9.85. The van der Waals surface area contributed by atoms with Gasteiger partial charge in [0.05, 0.1) is 0 Å². The van der Waals surface area contributed by atoms with E-state index in [-0.39, 0.29) is 0 Å². The van der Waals surface area contributed by atoms with Crippen LogP contribution in [0.15, 0.2) is 132 Å². The van der Waals surface area contributed by atoms with Gasteiger partial charge in [0.1, 0.15) is 0 Å². The molecule has 0 radical (unpaired) electrons. The van der Waals surface area contributed by atoms with E-state index in [4.69, 9.17) is 0 Å². The first kappa shape index (κ1) is 22.6. The summed E-state index contributed by atoms with van der Waals surface area (Å²) in [6.07, 6.45) is 0. The maximum atomic E-state index is 3.63. The van der Waals surface area contributed by atoms with Crippen LogP contribution >= 0.6 is 15.9 Å². The molecule has 0 N–H and O–H groups in total. The Balaban J connectivity index is 1.73. The number of hydrogen-bond donors (Lipinski definition) is 0. The molecule has 6 aromatic rings. The number of aromatic nitrogens is 1. The van der Waals surface area contributed by atoms with Crippen LogP contribution < -0.4 is 0 Å². The molecule has 0 saturated heterocycles. The molecule has 0 atom stereocenters. The lowest BCUT2D eigenvalue weighted by Crippen LogP contribution is -1.98. The van der Waals surface area contributed by atoms with Gasteiger partial charge in [-0.2, -0.15) is 0 Å². The summed E-state index contributed by atoms with van der Waals surface area (Å²) < 4.78 is 3.49. The predicted molar refractivity (Wildman–Crippen MR) is 157 cm³/mol. The molecule has 0 saturated carbocycles. The largest absolute Gasteiger partial charge is 0.341 e. The third kappa shape index (κ3) is 3.98. The van der Waals surface area contributed by atoms with E-state index in [0.29, 0.717) is 0 Å². The molecule has 5 aromatic carbocycles. The number of rotatable bonds is 5. The second kappa shape index (κ2) is 9.64. The van der Waals surface area contributed by atoms with Crippen molar-refractivity contribution in [2.75, 3.05) is 0 Å². The van der Waals surface area contributed by atoms with Crippen molar-refractivity contribution in [2.45, 2.75) is 13.5 Å². The van der Waals surface area contributed by atoms with Crippen molar-refractivity contribution in [1.82, 2.24) is 4.57 Å². The van der Waals surface area contributed by atoms with E-state index >= 15 is 0 Å². The predicted octanol–water partition coefficient (Wildman–Crippen LogP) is 9.58. The number of aryl methyl sites for hydroxylation is 1. The average molecular weight is 528 g/mol. The lowest BCUT2D eigenvalue weighted by atomic mass is 9.85. The Kier molecular flexibility index (Phi) is 6.04. The highest BCUT2D eigenvalue weighted by atomic mass is 79.9. The lowest BCUT2D eigenvalue weighted by Gasteiger charge is -2.18. The van der Waals surface area contributed by atoms with Gasteiger partial charge in [0.2, 0.25) is 0 Å². The highest BCUT2D eigenvalue weighted by Gasteiger charge is 2.18. The molecule has 6 rings (SSSR count). The Bertz CT molecular complexity index is 1650. The van der Waals surface area contributed by atoms with Crippen molar-refractivity contribution in [3.05, 3.63) is 154 Å². The summed E-state index contributed by atoms with van der Waals surface area (Å²) in [7, 11) is 0. The smallest absolute Gasteiger partial charge is 0.0491 e. The molecule has 0 unspecified atom stereocenters. The maximum absolute atomic E-state index is 3.63. The minimum atomic E-state index is 0.943. The van der Waals surface area contributed by atoms with Gasteiger partial charge in [-0.1, -0.05) is 113 Å². The Labute approximate surface area is 220 Å². The molecule has 0 aliphatic carbocycles. The van der Waals surface area contributed by atoms with E-state index in [1.807, 2.05) is 0 Å². The average Bonchev–Trinajstić information content (AvgIpc) is 3.26. The zero-order chi connectivity index (χ0) is 24.5. The molecule has 1 aromatic heterocycles. The van der Waals surface area contributed by atoms with Crippen LogP contribution in [0.1, 0.15) is 29.2 Å². The van der Waals surface area contributed by atoms with Gasteiger partial charge in [0.25, 0.3) is 0 Å². The topological polar surface area (TPSA) is 4.93 Å². The first-order valence-corrected chi connectivity index (χ1v) is 13.2. The van der Waals surface area contributed by atoms with E-state index in [1.165, 1.54) is 55.2 Å². The number of nitrogens with zero attached hydrogens (tertiary/aromatic N) is 1. The number of hydrogen-bond acceptors (Lipinski definition) is 0. The van der Waals surface area contributed by atoms with Gasteiger partial charge in [-0.15, -0.1) is 0 Å². The van der Waals surface area contributed by atoms with Gasteiger partial charge >= 0.3 is 0 Å². The highest BCUT2D eigenvalue weighted by molar-refractivity contribution is 9.10. The van der Waals surface area contributed by atoms with E-state index in [0.717, 1.165) is 11.0 Å². The number of fused-ring (bicyclic) bond motifs is 3. The Morgan fingerprint density at radius 2 is 1.03 bits per heavy atom. The summed E-state index contributed by atoms with van der Waals surface area (Å²) in [6, 6.07) is 45.9. The van der Waals surface area contributed by atoms with Crippen LogP contribution in [0, 0.1) is 0 Å². The molecule has 1 heterocycles. The van der Waals surface area contributed by atoms with E-state index in [2.05, 4.69) is 155 Å². The molecule has 1 nitrogen and oxygen atoms in total. The van der Waals surface area contributed by atoms with Gasteiger partial charge in [0, 0.05) is 32.8 Å². The molecule has 174 valence electrons. The van der Waals surface area contributed by atoms with Crippen molar-refractivity contribution in [3.8, 4) is 0 Å². The number of benzene rings is 5. The first-order valence-electron chi connectivity index (χ1n) is 12.4.